The molecule has 1 aliphatic heterocycles. The second-order valence-corrected chi connectivity index (χ2v) is 4.89. The summed E-state index contributed by atoms with van der Waals surface area (Å²) in [5.41, 5.74) is 1.26. The fourth-order valence-corrected chi connectivity index (χ4v) is 1.86. The van der Waals surface area contributed by atoms with Crippen LogP contribution in [0.2, 0.25) is 0 Å². The van der Waals surface area contributed by atoms with Crippen LogP contribution in [0.4, 0.5) is 11.4 Å². The van der Waals surface area contributed by atoms with E-state index in [0.717, 1.165) is 0 Å². The van der Waals surface area contributed by atoms with Gasteiger partial charge in [0.1, 0.15) is 0 Å². The monoisotopic (exact) mass is 260 g/mol. The fraction of sp³-hybridized carbons (Fsp3) is 0.357. The molecule has 5 heteroatoms. The van der Waals surface area contributed by atoms with Crippen molar-refractivity contribution in [1.29, 1.82) is 0 Å². The zero-order valence-corrected chi connectivity index (χ0v) is 11.0. The largest absolute Gasteiger partial charge is 0.326 e. The van der Waals surface area contributed by atoms with Crippen LogP contribution in [0.25, 0.3) is 0 Å². The molecule has 19 heavy (non-hydrogen) atoms. The highest BCUT2D eigenvalue weighted by atomic mass is 16.2. The molecule has 2 amide bonds. The van der Waals surface area contributed by atoms with Crippen molar-refractivity contribution in [2.45, 2.75) is 20.3 Å². The Hall–Kier alpha value is -2.17. The van der Waals surface area contributed by atoms with E-state index in [-0.39, 0.29) is 36.5 Å². The predicted molar refractivity (Wildman–Crippen MR) is 71.9 cm³/mol. The third kappa shape index (κ3) is 2.99. The number of carbonyl (C=O) groups excluding carboxylic acids is 3. The van der Waals surface area contributed by atoms with E-state index >= 15 is 0 Å². The van der Waals surface area contributed by atoms with Crippen LogP contribution in [0.15, 0.2) is 24.3 Å². The van der Waals surface area contributed by atoms with Gasteiger partial charge in [-0.1, -0.05) is 19.9 Å². The molecule has 1 fully saturated rings. The average molecular weight is 260 g/mol. The Morgan fingerprint density at radius 1 is 1.32 bits per heavy atom. The number of carbonyl (C=O) groups is 3. The summed E-state index contributed by atoms with van der Waals surface area (Å²) < 4.78 is 0. The molecule has 0 saturated carbocycles. The van der Waals surface area contributed by atoms with Gasteiger partial charge in [-0.25, -0.2) is 0 Å². The lowest BCUT2D eigenvalue weighted by atomic mass is 10.2. The number of anilines is 2. The van der Waals surface area contributed by atoms with Crippen molar-refractivity contribution in [3.63, 3.8) is 0 Å². The van der Waals surface area contributed by atoms with E-state index in [1.54, 1.807) is 24.3 Å². The van der Waals surface area contributed by atoms with Crippen molar-refractivity contribution < 1.29 is 14.4 Å². The van der Waals surface area contributed by atoms with Gasteiger partial charge in [-0.3, -0.25) is 14.4 Å². The van der Waals surface area contributed by atoms with Crippen molar-refractivity contribution in [3.05, 3.63) is 24.3 Å². The molecular weight excluding hydrogens is 244 g/mol. The Balaban J connectivity index is 2.18. The summed E-state index contributed by atoms with van der Waals surface area (Å²) in [6, 6.07) is 6.96. The second kappa shape index (κ2) is 5.22. The van der Waals surface area contributed by atoms with Gasteiger partial charge in [0.05, 0.1) is 13.0 Å². The number of ketones is 1. The van der Waals surface area contributed by atoms with Gasteiger partial charge in [-0.2, -0.15) is 0 Å². The minimum atomic E-state index is -0.197. The van der Waals surface area contributed by atoms with Crippen LogP contribution in [0.5, 0.6) is 0 Å². The quantitative estimate of drug-likeness (QED) is 0.839. The Labute approximate surface area is 111 Å². The van der Waals surface area contributed by atoms with Gasteiger partial charge in [-0.15, -0.1) is 0 Å². The summed E-state index contributed by atoms with van der Waals surface area (Å²) in [6.45, 7) is 3.73. The Bertz CT molecular complexity index is 537. The normalized spacial score (nSPS) is 15.2. The average Bonchev–Trinajstić information content (AvgIpc) is 2.68. The minimum Gasteiger partial charge on any atom is -0.326 e. The molecule has 5 nitrogen and oxygen atoms in total. The standard InChI is InChI=1S/C14H16N2O3/c1-9(2)14(19)15-10-4-3-5-11(6-10)16-8-12(17)7-13(16)18/h3-6,9H,7-8H2,1-2H3,(H,15,19). The van der Waals surface area contributed by atoms with E-state index in [0.29, 0.717) is 11.4 Å². The maximum absolute atomic E-state index is 11.6. The maximum Gasteiger partial charge on any atom is 0.234 e. The first-order valence-electron chi connectivity index (χ1n) is 6.20. The highest BCUT2D eigenvalue weighted by Crippen LogP contribution is 2.23. The smallest absolute Gasteiger partial charge is 0.234 e. The first-order valence-corrected chi connectivity index (χ1v) is 6.20. The maximum atomic E-state index is 11.6. The molecule has 0 unspecified atom stereocenters. The van der Waals surface area contributed by atoms with Crippen molar-refractivity contribution in [2.24, 2.45) is 5.92 Å². The summed E-state index contributed by atoms with van der Waals surface area (Å²) in [4.78, 5) is 36.0. The Morgan fingerprint density at radius 2 is 2.05 bits per heavy atom. The third-order valence-electron chi connectivity index (χ3n) is 2.93. The van der Waals surface area contributed by atoms with Gasteiger partial charge < -0.3 is 10.2 Å². The molecule has 1 N–H and O–H groups in total. The fourth-order valence-electron chi connectivity index (χ4n) is 1.86. The number of nitrogens with one attached hydrogen (secondary N) is 1. The summed E-state index contributed by atoms with van der Waals surface area (Å²) >= 11 is 0. The topological polar surface area (TPSA) is 66.5 Å². The van der Waals surface area contributed by atoms with Crippen LogP contribution in [-0.2, 0) is 14.4 Å². The van der Waals surface area contributed by atoms with E-state index < -0.39 is 0 Å². The molecule has 0 aliphatic carbocycles. The van der Waals surface area contributed by atoms with Crippen molar-refractivity contribution in [1.82, 2.24) is 0 Å². The molecule has 0 bridgehead atoms. The second-order valence-electron chi connectivity index (χ2n) is 4.89. The van der Waals surface area contributed by atoms with E-state index in [4.69, 9.17) is 0 Å². The van der Waals surface area contributed by atoms with Crippen molar-refractivity contribution in [3.8, 4) is 0 Å². The number of nitrogens with zero attached hydrogens (tertiary/aromatic N) is 1. The molecule has 1 aromatic carbocycles. The molecule has 1 heterocycles. The van der Waals surface area contributed by atoms with Gasteiger partial charge in [0.25, 0.3) is 0 Å². The Morgan fingerprint density at radius 3 is 2.63 bits per heavy atom. The summed E-state index contributed by atoms with van der Waals surface area (Å²) in [5.74, 6) is -0.474. The minimum absolute atomic E-state index is 0.0391. The molecule has 0 radical (unpaired) electrons. The van der Waals surface area contributed by atoms with Crippen molar-refractivity contribution >= 4 is 29.0 Å². The van der Waals surface area contributed by atoms with Crippen LogP contribution in [0.3, 0.4) is 0 Å². The molecule has 0 atom stereocenters. The van der Waals surface area contributed by atoms with Gasteiger partial charge in [0.15, 0.2) is 5.78 Å². The molecule has 1 aromatic rings. The number of amides is 2. The highest BCUT2D eigenvalue weighted by molar-refractivity contribution is 6.15. The third-order valence-corrected chi connectivity index (χ3v) is 2.93. The number of benzene rings is 1. The number of hydrogen-bond donors (Lipinski definition) is 1. The zero-order chi connectivity index (χ0) is 14.0. The number of hydrogen-bond acceptors (Lipinski definition) is 3. The molecule has 2 rings (SSSR count). The van der Waals surface area contributed by atoms with Crippen LogP contribution in [-0.4, -0.2) is 24.1 Å². The van der Waals surface area contributed by atoms with Crippen LogP contribution >= 0.6 is 0 Å². The summed E-state index contributed by atoms with van der Waals surface area (Å²) in [7, 11) is 0. The molecule has 1 aliphatic rings. The molecule has 0 aromatic heterocycles. The van der Waals surface area contributed by atoms with Gasteiger partial charge in [0, 0.05) is 17.3 Å². The highest BCUT2D eigenvalue weighted by Gasteiger charge is 2.28. The lowest BCUT2D eigenvalue weighted by Crippen LogP contribution is -2.24. The SMILES string of the molecule is CC(C)C(=O)Nc1cccc(N2CC(=O)CC2=O)c1. The molecular formula is C14H16N2O3. The van der Waals surface area contributed by atoms with Crippen LogP contribution < -0.4 is 10.2 Å². The van der Waals surface area contributed by atoms with E-state index in [9.17, 15) is 14.4 Å². The molecule has 1 saturated heterocycles. The van der Waals surface area contributed by atoms with Gasteiger partial charge in [-0.05, 0) is 18.2 Å². The predicted octanol–water partition coefficient (Wildman–Crippen LogP) is 1.59. The lowest BCUT2D eigenvalue weighted by molar-refractivity contribution is -0.121. The first kappa shape index (κ1) is 13.3. The van der Waals surface area contributed by atoms with Crippen LogP contribution in [0, 0.1) is 5.92 Å². The summed E-state index contributed by atoms with van der Waals surface area (Å²) in [5, 5.41) is 2.77. The van der Waals surface area contributed by atoms with E-state index in [1.165, 1.54) is 4.90 Å². The summed E-state index contributed by atoms with van der Waals surface area (Å²) in [6.07, 6.45) is -0.0391. The lowest BCUT2D eigenvalue weighted by Gasteiger charge is -2.16. The number of Topliss-reactive ketones (excluding diaryl/α,β-unsaturated/α-hetero) is 1. The van der Waals surface area contributed by atoms with Gasteiger partial charge >= 0.3 is 0 Å². The van der Waals surface area contributed by atoms with Crippen molar-refractivity contribution in [2.75, 3.05) is 16.8 Å². The van der Waals surface area contributed by atoms with Gasteiger partial charge in [0.2, 0.25) is 11.8 Å². The van der Waals surface area contributed by atoms with E-state index in [2.05, 4.69) is 5.32 Å². The van der Waals surface area contributed by atoms with E-state index in [1.807, 2.05) is 13.8 Å². The van der Waals surface area contributed by atoms with Crippen LogP contribution in [0.1, 0.15) is 20.3 Å². The Kier molecular flexibility index (Phi) is 3.64. The molecule has 0 spiro atoms. The number of rotatable bonds is 3. The zero-order valence-electron chi connectivity index (χ0n) is 11.0. The molecule has 100 valence electrons. The first-order chi connectivity index (χ1) is 8.97.